The van der Waals surface area contributed by atoms with E-state index in [1.54, 1.807) is 0 Å². The highest BCUT2D eigenvalue weighted by molar-refractivity contribution is 7.99. The van der Waals surface area contributed by atoms with Crippen LogP contribution in [0.2, 0.25) is 0 Å². The Balaban J connectivity index is 1.81. The van der Waals surface area contributed by atoms with Gasteiger partial charge in [0, 0.05) is 19.4 Å². The van der Waals surface area contributed by atoms with Crippen molar-refractivity contribution in [2.45, 2.75) is 44.8 Å². The molecule has 0 saturated carbocycles. The molecule has 0 aliphatic carbocycles. The second-order valence-corrected chi connectivity index (χ2v) is 7.56. The summed E-state index contributed by atoms with van der Waals surface area (Å²) >= 11 is 2.05. The largest absolute Gasteiger partial charge is 0.374 e. The minimum Gasteiger partial charge on any atom is -0.374 e. The van der Waals surface area contributed by atoms with E-state index in [2.05, 4.69) is 37.4 Å². The summed E-state index contributed by atoms with van der Waals surface area (Å²) in [5, 5.41) is 8.25. The van der Waals surface area contributed by atoms with E-state index in [0.717, 1.165) is 25.3 Å². The Morgan fingerprint density at radius 1 is 1.62 bits per heavy atom. The zero-order valence-electron chi connectivity index (χ0n) is 13.4. The average Bonchev–Trinajstić information content (AvgIpc) is 3.03. The van der Waals surface area contributed by atoms with Crippen molar-refractivity contribution in [2.75, 3.05) is 24.7 Å². The molecule has 0 aromatic carbocycles. The molecule has 0 bridgehead atoms. The molecule has 3 heterocycles. The van der Waals surface area contributed by atoms with Crippen LogP contribution in [-0.4, -0.2) is 40.0 Å². The van der Waals surface area contributed by atoms with Crippen LogP contribution in [-0.2, 0) is 11.8 Å². The lowest BCUT2D eigenvalue weighted by atomic mass is 9.80. The quantitative estimate of drug-likeness (QED) is 0.928. The van der Waals surface area contributed by atoms with Gasteiger partial charge in [-0.3, -0.25) is 4.68 Å². The van der Waals surface area contributed by atoms with Gasteiger partial charge >= 0.3 is 0 Å². The summed E-state index contributed by atoms with van der Waals surface area (Å²) in [4.78, 5) is 0. The lowest BCUT2D eigenvalue weighted by Gasteiger charge is -2.41. The fourth-order valence-electron chi connectivity index (χ4n) is 3.87. The monoisotopic (exact) mass is 309 g/mol. The van der Waals surface area contributed by atoms with Crippen LogP contribution in [0.1, 0.15) is 43.6 Å². The molecule has 21 heavy (non-hydrogen) atoms. The van der Waals surface area contributed by atoms with Gasteiger partial charge in [0.2, 0.25) is 0 Å². The molecule has 4 nitrogen and oxygen atoms in total. The Bertz CT molecular complexity index is 482. The minimum atomic E-state index is 0.148. The lowest BCUT2D eigenvalue weighted by molar-refractivity contribution is -0.0857. The smallest absolute Gasteiger partial charge is 0.0783 e. The first kappa shape index (κ1) is 15.4. The van der Waals surface area contributed by atoms with Gasteiger partial charge in [-0.25, -0.2) is 0 Å². The molecule has 3 rings (SSSR count). The van der Waals surface area contributed by atoms with Crippen molar-refractivity contribution in [1.29, 1.82) is 0 Å². The molecule has 1 aromatic rings. The van der Waals surface area contributed by atoms with Gasteiger partial charge in [-0.2, -0.15) is 16.9 Å². The molecule has 1 N–H and O–H groups in total. The summed E-state index contributed by atoms with van der Waals surface area (Å²) in [6.45, 7) is 6.17. The van der Waals surface area contributed by atoms with Gasteiger partial charge in [0.25, 0.3) is 0 Å². The second kappa shape index (κ2) is 6.31. The zero-order chi connectivity index (χ0) is 14.9. The number of ether oxygens (including phenoxy) is 1. The van der Waals surface area contributed by atoms with Gasteiger partial charge in [0.15, 0.2) is 0 Å². The number of aryl methyl sites for hydroxylation is 2. The van der Waals surface area contributed by atoms with Crippen molar-refractivity contribution >= 4 is 11.8 Å². The summed E-state index contributed by atoms with van der Waals surface area (Å²) in [6, 6.07) is 2.63. The number of nitrogens with one attached hydrogen (secondary N) is 1. The van der Waals surface area contributed by atoms with Crippen molar-refractivity contribution in [3.63, 3.8) is 0 Å². The second-order valence-electron chi connectivity index (χ2n) is 6.46. The molecule has 2 fully saturated rings. The molecule has 0 radical (unpaired) electrons. The molecule has 5 heteroatoms. The number of hydrogen-bond acceptors (Lipinski definition) is 4. The van der Waals surface area contributed by atoms with E-state index < -0.39 is 0 Å². The fourth-order valence-corrected chi connectivity index (χ4v) is 5.25. The lowest BCUT2D eigenvalue weighted by Crippen LogP contribution is -2.44. The van der Waals surface area contributed by atoms with Gasteiger partial charge in [-0.05, 0) is 50.5 Å². The predicted molar refractivity (Wildman–Crippen MR) is 87.7 cm³/mol. The van der Waals surface area contributed by atoms with Crippen LogP contribution in [0.15, 0.2) is 6.07 Å². The summed E-state index contributed by atoms with van der Waals surface area (Å²) in [7, 11) is 2.06. The molecule has 0 amide bonds. The maximum absolute atomic E-state index is 6.19. The van der Waals surface area contributed by atoms with Crippen LogP contribution < -0.4 is 5.32 Å². The van der Waals surface area contributed by atoms with Crippen LogP contribution in [0.5, 0.6) is 0 Å². The van der Waals surface area contributed by atoms with Gasteiger partial charge in [-0.15, -0.1) is 0 Å². The zero-order valence-corrected chi connectivity index (χ0v) is 14.2. The topological polar surface area (TPSA) is 39.1 Å². The van der Waals surface area contributed by atoms with Gasteiger partial charge in [-0.1, -0.05) is 6.92 Å². The Morgan fingerprint density at radius 2 is 2.48 bits per heavy atom. The summed E-state index contributed by atoms with van der Waals surface area (Å²) in [5.74, 6) is 3.07. The van der Waals surface area contributed by atoms with Crippen LogP contribution in [0, 0.1) is 12.8 Å². The van der Waals surface area contributed by atoms with Crippen molar-refractivity contribution in [3.8, 4) is 0 Å². The number of thioether (sulfide) groups is 1. The third kappa shape index (κ3) is 3.15. The molecule has 1 spiro atoms. The molecule has 2 aliphatic rings. The molecule has 3 atom stereocenters. The third-order valence-electron chi connectivity index (χ3n) is 4.85. The van der Waals surface area contributed by atoms with Crippen LogP contribution in [0.3, 0.4) is 0 Å². The van der Waals surface area contributed by atoms with E-state index in [1.807, 2.05) is 16.4 Å². The summed E-state index contributed by atoms with van der Waals surface area (Å²) < 4.78 is 8.24. The number of rotatable bonds is 4. The molecule has 118 valence electrons. The van der Waals surface area contributed by atoms with Crippen molar-refractivity contribution in [2.24, 2.45) is 13.0 Å². The molecule has 2 saturated heterocycles. The first-order chi connectivity index (χ1) is 10.1. The van der Waals surface area contributed by atoms with E-state index >= 15 is 0 Å². The van der Waals surface area contributed by atoms with Crippen molar-refractivity contribution in [3.05, 3.63) is 17.5 Å². The highest BCUT2D eigenvalue weighted by Gasteiger charge is 2.43. The Morgan fingerprint density at radius 3 is 3.10 bits per heavy atom. The highest BCUT2D eigenvalue weighted by Crippen LogP contribution is 2.44. The molecular formula is C16H27N3OS. The van der Waals surface area contributed by atoms with Gasteiger partial charge in [0.05, 0.1) is 23.0 Å². The molecular weight excluding hydrogens is 282 g/mol. The predicted octanol–water partition coefficient (Wildman–Crippen LogP) is 2.68. The Kier molecular flexibility index (Phi) is 4.62. The van der Waals surface area contributed by atoms with E-state index in [4.69, 9.17) is 4.74 Å². The first-order valence-corrected chi connectivity index (χ1v) is 9.25. The van der Waals surface area contributed by atoms with E-state index in [1.165, 1.54) is 30.0 Å². The normalized spacial score (nSPS) is 30.9. The Hall–Kier alpha value is -0.520. The molecule has 1 aromatic heterocycles. The van der Waals surface area contributed by atoms with E-state index in [9.17, 15) is 0 Å². The number of aromatic nitrogens is 2. The van der Waals surface area contributed by atoms with Crippen LogP contribution in [0.4, 0.5) is 0 Å². The SMILES string of the molecule is CCNC(c1cc(C)nn1C)C1CCOC2(CCSC2)C1. The first-order valence-electron chi connectivity index (χ1n) is 8.09. The van der Waals surface area contributed by atoms with E-state index in [0.29, 0.717) is 12.0 Å². The fraction of sp³-hybridized carbons (Fsp3) is 0.812. The maximum atomic E-state index is 6.19. The highest BCUT2D eigenvalue weighted by atomic mass is 32.2. The van der Waals surface area contributed by atoms with Gasteiger partial charge in [0.1, 0.15) is 0 Å². The van der Waals surface area contributed by atoms with Gasteiger partial charge < -0.3 is 10.1 Å². The molecule has 3 unspecified atom stereocenters. The third-order valence-corrected chi connectivity index (χ3v) is 6.07. The van der Waals surface area contributed by atoms with Crippen LogP contribution in [0.25, 0.3) is 0 Å². The number of hydrogen-bond donors (Lipinski definition) is 1. The summed E-state index contributed by atoms with van der Waals surface area (Å²) in [5.41, 5.74) is 2.57. The van der Waals surface area contributed by atoms with Crippen molar-refractivity contribution < 1.29 is 4.74 Å². The standard InChI is InChI=1S/C16H27N3OS/c1-4-17-15(14-9-12(2)18-19(14)3)13-5-7-20-16(10-13)6-8-21-11-16/h9,13,15,17H,4-8,10-11H2,1-3H3. The Labute approximate surface area is 132 Å². The molecule has 2 aliphatic heterocycles. The van der Waals surface area contributed by atoms with E-state index in [-0.39, 0.29) is 5.60 Å². The number of nitrogens with zero attached hydrogens (tertiary/aromatic N) is 2. The maximum Gasteiger partial charge on any atom is 0.0783 e. The minimum absolute atomic E-state index is 0.148. The van der Waals surface area contributed by atoms with Crippen LogP contribution >= 0.6 is 11.8 Å². The summed E-state index contributed by atoms with van der Waals surface area (Å²) in [6.07, 6.45) is 3.55. The average molecular weight is 309 g/mol. The van der Waals surface area contributed by atoms with Crippen molar-refractivity contribution in [1.82, 2.24) is 15.1 Å².